The molecule has 1 amide bonds. The molecule has 1 aliphatic rings. The van der Waals surface area contributed by atoms with E-state index in [-0.39, 0.29) is 17.8 Å². The van der Waals surface area contributed by atoms with Crippen LogP contribution in [0.15, 0.2) is 61.3 Å². The van der Waals surface area contributed by atoms with Crippen molar-refractivity contribution in [2.24, 2.45) is 0 Å². The van der Waals surface area contributed by atoms with Crippen molar-refractivity contribution < 1.29 is 9.18 Å². The number of halogens is 1. The Morgan fingerprint density at radius 3 is 2.71 bits per heavy atom. The lowest BCUT2D eigenvalue weighted by molar-refractivity contribution is 0.0958. The van der Waals surface area contributed by atoms with Crippen molar-refractivity contribution in [2.45, 2.75) is 25.4 Å². The molecule has 144 valence electrons. The molecule has 4 rings (SSSR count). The minimum atomic E-state index is -0.349. The predicted octanol–water partition coefficient (Wildman–Crippen LogP) is 3.26. The number of nitrogens with zero attached hydrogens (tertiary/aromatic N) is 4. The lowest BCUT2D eigenvalue weighted by atomic mass is 10.0. The minimum Gasteiger partial charge on any atom is -0.347 e. The van der Waals surface area contributed by atoms with Crippen LogP contribution in [-0.2, 0) is 6.54 Å². The summed E-state index contributed by atoms with van der Waals surface area (Å²) in [5.74, 6) is -0.496. The normalized spacial score (nSPS) is 15.5. The molecule has 3 aromatic rings. The zero-order valence-corrected chi connectivity index (χ0v) is 15.5. The Balaban J connectivity index is 1.53. The molecule has 1 saturated heterocycles. The number of amides is 1. The Kier molecular flexibility index (Phi) is 5.43. The molecule has 6 nitrogen and oxygen atoms in total. The second kappa shape index (κ2) is 8.31. The fourth-order valence-electron chi connectivity index (χ4n) is 3.70. The third-order valence-corrected chi connectivity index (χ3v) is 5.08. The Labute approximate surface area is 163 Å². The topological polar surface area (TPSA) is 65.1 Å². The van der Waals surface area contributed by atoms with Crippen LogP contribution < -0.4 is 4.90 Å². The van der Waals surface area contributed by atoms with Crippen LogP contribution in [0.3, 0.4) is 0 Å². The van der Waals surface area contributed by atoms with Gasteiger partial charge in [0.15, 0.2) is 0 Å². The highest BCUT2D eigenvalue weighted by Crippen LogP contribution is 2.27. The van der Waals surface area contributed by atoms with Gasteiger partial charge in [-0.3, -0.25) is 14.7 Å². The van der Waals surface area contributed by atoms with Crippen LogP contribution in [0.5, 0.6) is 0 Å². The average Bonchev–Trinajstić information content (AvgIpc) is 3.23. The highest BCUT2D eigenvalue weighted by Gasteiger charge is 2.30. The Morgan fingerprint density at radius 1 is 1.18 bits per heavy atom. The number of carbonyl (C=O) groups excluding carboxylic acids is 1. The molecule has 0 unspecified atom stereocenters. The summed E-state index contributed by atoms with van der Waals surface area (Å²) >= 11 is 0. The van der Waals surface area contributed by atoms with Crippen molar-refractivity contribution in [1.82, 2.24) is 19.9 Å². The molecule has 0 radical (unpaired) electrons. The number of likely N-dealkylation sites (tertiary alicyclic amines) is 1. The number of H-pyrrole nitrogens is 1. The molecule has 2 aromatic heterocycles. The van der Waals surface area contributed by atoms with Gasteiger partial charge in [-0.05, 0) is 43.2 Å². The van der Waals surface area contributed by atoms with Crippen molar-refractivity contribution in [3.63, 3.8) is 0 Å². The van der Waals surface area contributed by atoms with E-state index in [2.05, 4.69) is 19.9 Å². The molecular weight excluding hydrogens is 357 g/mol. The predicted molar refractivity (Wildman–Crippen MR) is 104 cm³/mol. The monoisotopic (exact) mass is 379 g/mol. The highest BCUT2D eigenvalue weighted by molar-refractivity contribution is 6.06. The Hall–Kier alpha value is -3.06. The molecule has 1 aromatic carbocycles. The summed E-state index contributed by atoms with van der Waals surface area (Å²) in [6, 6.07) is 9.73. The number of pyridine rings is 1. The van der Waals surface area contributed by atoms with Gasteiger partial charge in [0.2, 0.25) is 0 Å². The van der Waals surface area contributed by atoms with Gasteiger partial charge in [-0.1, -0.05) is 6.07 Å². The largest absolute Gasteiger partial charge is 0.347 e. The van der Waals surface area contributed by atoms with E-state index in [9.17, 15) is 9.18 Å². The van der Waals surface area contributed by atoms with Crippen LogP contribution in [0.2, 0.25) is 0 Å². The number of aromatic amines is 1. The first kappa shape index (κ1) is 18.3. The van der Waals surface area contributed by atoms with Crippen LogP contribution >= 0.6 is 0 Å². The molecule has 7 heteroatoms. The molecule has 0 saturated carbocycles. The number of nitrogens with one attached hydrogen (secondary N) is 1. The standard InChI is InChI=1S/C21H22FN5O/c22-17-4-1-5-20(11-17)27(21(28)16-3-2-8-23-12-16)19-6-9-26(10-7-19)14-18-13-24-15-25-18/h1-5,8,11-13,15,19H,6-7,9-10,14H2,(H,24,25). The zero-order valence-electron chi connectivity index (χ0n) is 15.5. The smallest absolute Gasteiger partial charge is 0.260 e. The SMILES string of the molecule is O=C(c1cccnc1)N(c1cccc(F)c1)C1CCN(Cc2cnc[nH]2)CC1. The molecule has 1 N–H and O–H groups in total. The van der Waals surface area contributed by atoms with Gasteiger partial charge in [-0.2, -0.15) is 0 Å². The zero-order chi connectivity index (χ0) is 19.3. The van der Waals surface area contributed by atoms with Crippen molar-refractivity contribution in [2.75, 3.05) is 18.0 Å². The summed E-state index contributed by atoms with van der Waals surface area (Å²) in [7, 11) is 0. The quantitative estimate of drug-likeness (QED) is 0.739. The van der Waals surface area contributed by atoms with Gasteiger partial charge in [-0.25, -0.2) is 9.37 Å². The first-order valence-corrected chi connectivity index (χ1v) is 9.39. The van der Waals surface area contributed by atoms with Crippen LogP contribution in [0.1, 0.15) is 28.9 Å². The molecule has 3 heterocycles. The van der Waals surface area contributed by atoms with E-state index in [1.165, 1.54) is 12.1 Å². The molecule has 0 atom stereocenters. The van der Waals surface area contributed by atoms with E-state index in [1.807, 2.05) is 6.20 Å². The van der Waals surface area contributed by atoms with Crippen LogP contribution in [0.4, 0.5) is 10.1 Å². The van der Waals surface area contributed by atoms with E-state index in [4.69, 9.17) is 0 Å². The number of hydrogen-bond donors (Lipinski definition) is 1. The Bertz CT molecular complexity index is 908. The van der Waals surface area contributed by atoms with E-state index in [0.29, 0.717) is 11.3 Å². The molecule has 1 fully saturated rings. The number of carbonyl (C=O) groups is 1. The number of imidazole rings is 1. The fourth-order valence-corrected chi connectivity index (χ4v) is 3.70. The van der Waals surface area contributed by atoms with Gasteiger partial charge in [0.1, 0.15) is 5.82 Å². The first-order chi connectivity index (χ1) is 13.7. The Morgan fingerprint density at radius 2 is 2.04 bits per heavy atom. The van der Waals surface area contributed by atoms with Crippen LogP contribution in [0.25, 0.3) is 0 Å². The van der Waals surface area contributed by atoms with E-state index < -0.39 is 0 Å². The molecular formula is C21H22FN5O. The summed E-state index contributed by atoms with van der Waals surface area (Å²) in [6.45, 7) is 2.52. The third kappa shape index (κ3) is 4.09. The second-order valence-electron chi connectivity index (χ2n) is 6.98. The molecule has 28 heavy (non-hydrogen) atoms. The average molecular weight is 379 g/mol. The van der Waals surface area contributed by atoms with Gasteiger partial charge in [0.05, 0.1) is 11.9 Å². The highest BCUT2D eigenvalue weighted by atomic mass is 19.1. The van der Waals surface area contributed by atoms with Crippen LogP contribution in [-0.4, -0.2) is 44.9 Å². The maximum Gasteiger partial charge on any atom is 0.260 e. The molecule has 0 bridgehead atoms. The van der Waals surface area contributed by atoms with Crippen molar-refractivity contribution in [1.29, 1.82) is 0 Å². The molecule has 0 aliphatic carbocycles. The van der Waals surface area contributed by atoms with E-state index in [1.54, 1.807) is 47.9 Å². The summed E-state index contributed by atoms with van der Waals surface area (Å²) < 4.78 is 13.9. The van der Waals surface area contributed by atoms with Crippen molar-refractivity contribution >= 4 is 11.6 Å². The van der Waals surface area contributed by atoms with Gasteiger partial charge in [0, 0.05) is 55.6 Å². The van der Waals surface area contributed by atoms with Crippen molar-refractivity contribution in [3.05, 3.63) is 78.4 Å². The van der Waals surface area contributed by atoms with E-state index >= 15 is 0 Å². The maximum absolute atomic E-state index is 13.9. The van der Waals surface area contributed by atoms with Gasteiger partial charge in [0.25, 0.3) is 5.91 Å². The number of benzene rings is 1. The van der Waals surface area contributed by atoms with Gasteiger partial charge < -0.3 is 9.88 Å². The van der Waals surface area contributed by atoms with Gasteiger partial charge >= 0.3 is 0 Å². The summed E-state index contributed by atoms with van der Waals surface area (Å²) in [5.41, 5.74) is 2.17. The van der Waals surface area contributed by atoms with Crippen LogP contribution in [0, 0.1) is 5.82 Å². The second-order valence-corrected chi connectivity index (χ2v) is 6.98. The number of piperidine rings is 1. The minimum absolute atomic E-state index is 0.00697. The summed E-state index contributed by atoms with van der Waals surface area (Å²) in [6.07, 6.45) is 8.34. The lowest BCUT2D eigenvalue weighted by Gasteiger charge is -2.38. The maximum atomic E-state index is 13.9. The summed E-state index contributed by atoms with van der Waals surface area (Å²) in [4.78, 5) is 28.5. The van der Waals surface area contributed by atoms with E-state index in [0.717, 1.165) is 38.2 Å². The molecule has 1 aliphatic heterocycles. The number of rotatable bonds is 5. The summed E-state index contributed by atoms with van der Waals surface area (Å²) in [5, 5.41) is 0. The molecule has 0 spiro atoms. The number of anilines is 1. The number of hydrogen-bond acceptors (Lipinski definition) is 4. The lowest BCUT2D eigenvalue weighted by Crippen LogP contribution is -2.47. The van der Waals surface area contributed by atoms with Gasteiger partial charge in [-0.15, -0.1) is 0 Å². The fraction of sp³-hybridized carbons (Fsp3) is 0.286. The number of aromatic nitrogens is 3. The first-order valence-electron chi connectivity index (χ1n) is 9.39. The van der Waals surface area contributed by atoms with Crippen molar-refractivity contribution in [3.8, 4) is 0 Å². The third-order valence-electron chi connectivity index (χ3n) is 5.08.